The Morgan fingerprint density at radius 3 is 2.38 bits per heavy atom. The number of carbonyl (C=O) groups excluding carboxylic acids is 1. The molecule has 2 rings (SSSR count). The van der Waals surface area contributed by atoms with Crippen LogP contribution >= 0.6 is 11.8 Å². The average Bonchev–Trinajstić information content (AvgIpc) is 2.59. The van der Waals surface area contributed by atoms with Gasteiger partial charge in [0.05, 0.1) is 17.6 Å². The highest BCUT2D eigenvalue weighted by Crippen LogP contribution is 2.31. The van der Waals surface area contributed by atoms with Crippen molar-refractivity contribution in [2.24, 2.45) is 4.40 Å². The van der Waals surface area contributed by atoms with E-state index < -0.39 is 16.0 Å². The van der Waals surface area contributed by atoms with Crippen LogP contribution in [0, 0.1) is 0 Å². The first kappa shape index (κ1) is 19.8. The van der Waals surface area contributed by atoms with Crippen molar-refractivity contribution in [3.8, 4) is 0 Å². The molecule has 0 radical (unpaired) electrons. The molecule has 2 N–H and O–H groups in total. The molecule has 0 bridgehead atoms. The van der Waals surface area contributed by atoms with Gasteiger partial charge in [-0.15, -0.1) is 4.40 Å². The molecule has 7 nitrogen and oxygen atoms in total. The van der Waals surface area contributed by atoms with Crippen molar-refractivity contribution in [2.75, 3.05) is 26.9 Å². The first-order valence-electron chi connectivity index (χ1n) is 7.45. The number of anilines is 1. The molecule has 0 unspecified atom stereocenters. The van der Waals surface area contributed by atoms with E-state index in [1.807, 2.05) is 0 Å². The Hall–Kier alpha value is -2.52. The van der Waals surface area contributed by atoms with E-state index >= 15 is 0 Å². The molecule has 26 heavy (non-hydrogen) atoms. The Bertz CT molecular complexity index is 924. The van der Waals surface area contributed by atoms with Gasteiger partial charge in [0.2, 0.25) is 0 Å². The largest absolute Gasteiger partial charge is 0.465 e. The Morgan fingerprint density at radius 2 is 1.81 bits per heavy atom. The summed E-state index contributed by atoms with van der Waals surface area (Å²) in [5.74, 6) is -0.419. The van der Waals surface area contributed by atoms with Crippen molar-refractivity contribution in [1.29, 1.82) is 0 Å². The lowest BCUT2D eigenvalue weighted by Crippen LogP contribution is -2.10. The molecule has 0 saturated carbocycles. The van der Waals surface area contributed by atoms with Gasteiger partial charge < -0.3 is 15.4 Å². The maximum Gasteiger partial charge on any atom is 0.337 e. The molecule has 0 amide bonds. The van der Waals surface area contributed by atoms with Crippen LogP contribution in [0.2, 0.25) is 0 Å². The van der Waals surface area contributed by atoms with Gasteiger partial charge in [0, 0.05) is 29.6 Å². The summed E-state index contributed by atoms with van der Waals surface area (Å²) in [6.07, 6.45) is 1.22. The Morgan fingerprint density at radius 1 is 1.15 bits per heavy atom. The van der Waals surface area contributed by atoms with Crippen LogP contribution in [0.5, 0.6) is 0 Å². The predicted octanol–water partition coefficient (Wildman–Crippen LogP) is 2.49. The number of ether oxygens (including phenoxy) is 1. The zero-order chi connectivity index (χ0) is 19.3. The van der Waals surface area contributed by atoms with E-state index in [1.54, 1.807) is 44.4 Å². The molecule has 0 aliphatic heterocycles. The zero-order valence-electron chi connectivity index (χ0n) is 14.5. The Balaban J connectivity index is 2.28. The fourth-order valence-corrected chi connectivity index (χ4v) is 3.93. The van der Waals surface area contributed by atoms with Gasteiger partial charge >= 0.3 is 5.97 Å². The van der Waals surface area contributed by atoms with Gasteiger partial charge in [-0.25, -0.2) is 4.79 Å². The smallest absolute Gasteiger partial charge is 0.337 e. The van der Waals surface area contributed by atoms with Gasteiger partial charge in [-0.2, -0.15) is 8.42 Å². The first-order valence-corrected chi connectivity index (χ1v) is 9.70. The second-order valence-electron chi connectivity index (χ2n) is 5.52. The van der Waals surface area contributed by atoms with Gasteiger partial charge in [-0.05, 0) is 42.5 Å². The number of nitrogens with zero attached hydrogens (tertiary/aromatic N) is 2. The van der Waals surface area contributed by atoms with Crippen LogP contribution in [0.3, 0.4) is 0 Å². The van der Waals surface area contributed by atoms with Gasteiger partial charge in [0.15, 0.2) is 0 Å². The van der Waals surface area contributed by atoms with E-state index in [2.05, 4.69) is 9.13 Å². The predicted molar refractivity (Wildman–Crippen MR) is 102 cm³/mol. The standard InChI is InChI=1S/C17H19N3O4S2/c1-20(2)11-19-26(22,23)16-9-13(18)8-15(10-16)25-14-6-4-12(5-7-14)17(21)24-3/h4-11H,18H2,1-3H3/b19-11+. The third kappa shape index (κ3) is 5.24. The number of benzene rings is 2. The molecule has 0 atom stereocenters. The van der Waals surface area contributed by atoms with E-state index in [-0.39, 0.29) is 4.90 Å². The minimum Gasteiger partial charge on any atom is -0.465 e. The topological polar surface area (TPSA) is 102 Å². The second kappa shape index (κ2) is 8.24. The molecule has 0 saturated heterocycles. The second-order valence-corrected chi connectivity index (χ2v) is 8.29. The molecule has 0 aromatic heterocycles. The fraction of sp³-hybridized carbons (Fsp3) is 0.176. The molecule has 9 heteroatoms. The highest BCUT2D eigenvalue weighted by atomic mass is 32.2. The Labute approximate surface area is 156 Å². The monoisotopic (exact) mass is 393 g/mol. The number of methoxy groups -OCH3 is 1. The van der Waals surface area contributed by atoms with Crippen LogP contribution in [0.1, 0.15) is 10.4 Å². The number of hydrogen-bond donors (Lipinski definition) is 1. The first-order chi connectivity index (χ1) is 12.2. The molecular formula is C17H19N3O4S2. The normalized spacial score (nSPS) is 11.5. The fourth-order valence-electron chi connectivity index (χ4n) is 1.93. The van der Waals surface area contributed by atoms with Gasteiger partial charge in [-0.1, -0.05) is 11.8 Å². The molecule has 0 spiro atoms. The van der Waals surface area contributed by atoms with Crippen LogP contribution in [0.25, 0.3) is 0 Å². The van der Waals surface area contributed by atoms with Crippen LogP contribution in [-0.2, 0) is 14.8 Å². The summed E-state index contributed by atoms with van der Waals surface area (Å²) in [5.41, 5.74) is 6.60. The third-order valence-electron chi connectivity index (χ3n) is 3.13. The quantitative estimate of drug-likeness (QED) is 0.348. The van der Waals surface area contributed by atoms with Crippen molar-refractivity contribution in [1.82, 2.24) is 4.90 Å². The van der Waals surface area contributed by atoms with Crippen LogP contribution < -0.4 is 5.73 Å². The minimum absolute atomic E-state index is 0.0179. The third-order valence-corrected chi connectivity index (χ3v) is 5.31. The molecular weight excluding hydrogens is 374 g/mol. The van der Waals surface area contributed by atoms with E-state index in [0.29, 0.717) is 16.1 Å². The number of nitrogens with two attached hydrogens (primary N) is 1. The lowest BCUT2D eigenvalue weighted by molar-refractivity contribution is 0.0600. The van der Waals surface area contributed by atoms with Crippen LogP contribution in [0.4, 0.5) is 5.69 Å². The molecule has 0 aliphatic carbocycles. The lowest BCUT2D eigenvalue weighted by atomic mass is 10.2. The van der Waals surface area contributed by atoms with Crippen molar-refractivity contribution in [3.63, 3.8) is 0 Å². The average molecular weight is 393 g/mol. The molecule has 138 valence electrons. The number of nitrogen functional groups attached to an aromatic ring is 1. The van der Waals surface area contributed by atoms with Crippen LogP contribution in [0.15, 0.2) is 61.5 Å². The van der Waals surface area contributed by atoms with Crippen molar-refractivity contribution >= 4 is 39.8 Å². The van der Waals surface area contributed by atoms with Crippen molar-refractivity contribution in [3.05, 3.63) is 48.0 Å². The highest BCUT2D eigenvalue weighted by Gasteiger charge is 2.15. The lowest BCUT2D eigenvalue weighted by Gasteiger charge is -2.08. The number of hydrogen-bond acceptors (Lipinski definition) is 6. The summed E-state index contributed by atoms with van der Waals surface area (Å²) in [7, 11) is 0.834. The van der Waals surface area contributed by atoms with Crippen LogP contribution in [-0.4, -0.2) is 46.8 Å². The summed E-state index contributed by atoms with van der Waals surface area (Å²) >= 11 is 1.33. The highest BCUT2D eigenvalue weighted by molar-refractivity contribution is 7.99. The zero-order valence-corrected chi connectivity index (χ0v) is 16.2. The summed E-state index contributed by atoms with van der Waals surface area (Å²) in [6.45, 7) is 0. The Kier molecular flexibility index (Phi) is 6.27. The number of esters is 1. The summed E-state index contributed by atoms with van der Waals surface area (Å²) < 4.78 is 32.9. The van der Waals surface area contributed by atoms with Crippen molar-refractivity contribution in [2.45, 2.75) is 14.7 Å². The van der Waals surface area contributed by atoms with E-state index in [4.69, 9.17) is 5.73 Å². The number of sulfonamides is 1. The minimum atomic E-state index is -3.84. The SMILES string of the molecule is COC(=O)c1ccc(Sc2cc(N)cc(S(=O)(=O)/N=C/N(C)C)c2)cc1. The maximum atomic E-state index is 12.3. The van der Waals surface area contributed by atoms with Gasteiger partial charge in [0.1, 0.15) is 6.34 Å². The van der Waals surface area contributed by atoms with Gasteiger partial charge in [0.25, 0.3) is 10.0 Å². The number of rotatable bonds is 6. The molecule has 2 aromatic carbocycles. The molecule has 2 aromatic rings. The van der Waals surface area contributed by atoms with E-state index in [0.717, 1.165) is 4.90 Å². The van der Waals surface area contributed by atoms with E-state index in [9.17, 15) is 13.2 Å². The van der Waals surface area contributed by atoms with Gasteiger partial charge in [-0.3, -0.25) is 0 Å². The molecule has 0 fully saturated rings. The number of carbonyl (C=O) groups is 1. The summed E-state index contributed by atoms with van der Waals surface area (Å²) in [5, 5.41) is 0. The maximum absolute atomic E-state index is 12.3. The van der Waals surface area contributed by atoms with Crippen molar-refractivity contribution < 1.29 is 17.9 Å². The van der Waals surface area contributed by atoms with E-state index in [1.165, 1.54) is 42.2 Å². The summed E-state index contributed by atoms with van der Waals surface area (Å²) in [4.78, 5) is 14.5. The summed E-state index contributed by atoms with van der Waals surface area (Å²) in [6, 6.07) is 11.3. The molecule has 0 heterocycles. The molecule has 0 aliphatic rings.